The van der Waals surface area contributed by atoms with Crippen LogP contribution in [0.5, 0.6) is 0 Å². The fourth-order valence-electron chi connectivity index (χ4n) is 2.62. The summed E-state index contributed by atoms with van der Waals surface area (Å²) in [4.78, 5) is 12.2. The van der Waals surface area contributed by atoms with Crippen LogP contribution < -0.4 is 5.56 Å². The largest absolute Gasteiger partial charge is 0.416 e. The normalized spacial score (nSPS) is 11.0. The van der Waals surface area contributed by atoms with Gasteiger partial charge in [0.25, 0.3) is 5.56 Å². The molecule has 0 fully saturated rings. The van der Waals surface area contributed by atoms with E-state index >= 15 is 0 Å². The van der Waals surface area contributed by atoms with Crippen LogP contribution in [0.4, 0.5) is 0 Å². The number of pyridine rings is 1. The van der Waals surface area contributed by atoms with Gasteiger partial charge in [-0.3, -0.25) is 4.79 Å². The monoisotopic (exact) mass is 303 g/mol. The molecule has 0 bridgehead atoms. The van der Waals surface area contributed by atoms with Gasteiger partial charge in [-0.15, -0.1) is 10.2 Å². The van der Waals surface area contributed by atoms with Crippen molar-refractivity contribution in [3.8, 4) is 22.9 Å². The third-order valence-electron chi connectivity index (χ3n) is 3.77. The van der Waals surface area contributed by atoms with Crippen LogP contribution in [0.25, 0.3) is 33.7 Å². The maximum absolute atomic E-state index is 12.2. The van der Waals surface area contributed by atoms with E-state index < -0.39 is 0 Å². The van der Waals surface area contributed by atoms with E-state index in [0.717, 1.165) is 16.5 Å². The molecule has 0 amide bonds. The Hall–Kier alpha value is -3.21. The summed E-state index contributed by atoms with van der Waals surface area (Å²) in [7, 11) is 1.72. The molecule has 4 aromatic rings. The lowest BCUT2D eigenvalue weighted by molar-refractivity contribution is 0.584. The number of hydrogen-bond acceptors (Lipinski definition) is 4. The van der Waals surface area contributed by atoms with Crippen LogP contribution in [-0.4, -0.2) is 14.8 Å². The number of nitrogens with zero attached hydrogens (tertiary/aromatic N) is 3. The number of fused-ring (bicyclic) bond motifs is 1. The highest BCUT2D eigenvalue weighted by atomic mass is 16.4. The smallest absolute Gasteiger partial charge is 0.258 e. The van der Waals surface area contributed by atoms with E-state index in [1.54, 1.807) is 19.3 Å². The van der Waals surface area contributed by atoms with Crippen molar-refractivity contribution in [3.63, 3.8) is 0 Å². The second-order valence-electron chi connectivity index (χ2n) is 5.28. The SMILES string of the molecule is Cn1cc(-c2nnc(-c3ccccc3)o2)c2ccccc2c1=O. The minimum atomic E-state index is -0.0489. The van der Waals surface area contributed by atoms with Crippen molar-refractivity contribution in [1.29, 1.82) is 0 Å². The molecule has 0 aliphatic carbocycles. The number of aromatic nitrogens is 3. The topological polar surface area (TPSA) is 60.9 Å². The van der Waals surface area contributed by atoms with Crippen LogP contribution in [0.3, 0.4) is 0 Å². The summed E-state index contributed by atoms with van der Waals surface area (Å²) in [6, 6.07) is 17.0. The zero-order chi connectivity index (χ0) is 15.8. The first-order valence-electron chi connectivity index (χ1n) is 7.22. The van der Waals surface area contributed by atoms with E-state index in [0.29, 0.717) is 17.2 Å². The molecule has 0 radical (unpaired) electrons. The first-order valence-corrected chi connectivity index (χ1v) is 7.22. The molecule has 0 saturated carbocycles. The molecule has 2 heterocycles. The fourth-order valence-corrected chi connectivity index (χ4v) is 2.62. The fraction of sp³-hybridized carbons (Fsp3) is 0.0556. The third kappa shape index (κ3) is 2.23. The molecule has 5 nitrogen and oxygen atoms in total. The summed E-state index contributed by atoms with van der Waals surface area (Å²) in [6.07, 6.45) is 1.73. The highest BCUT2D eigenvalue weighted by Gasteiger charge is 2.15. The van der Waals surface area contributed by atoms with E-state index in [9.17, 15) is 4.79 Å². The van der Waals surface area contributed by atoms with E-state index in [2.05, 4.69) is 10.2 Å². The highest BCUT2D eigenvalue weighted by molar-refractivity contribution is 5.93. The highest BCUT2D eigenvalue weighted by Crippen LogP contribution is 2.28. The predicted octanol–water partition coefficient (Wildman–Crippen LogP) is 3.26. The molecule has 5 heteroatoms. The summed E-state index contributed by atoms with van der Waals surface area (Å²) in [5, 5.41) is 9.71. The molecule has 112 valence electrons. The first kappa shape index (κ1) is 13.5. The second kappa shape index (κ2) is 5.21. The maximum Gasteiger partial charge on any atom is 0.258 e. The van der Waals surface area contributed by atoms with Crippen molar-refractivity contribution >= 4 is 10.8 Å². The molecular weight excluding hydrogens is 290 g/mol. The van der Waals surface area contributed by atoms with Crippen LogP contribution >= 0.6 is 0 Å². The molecule has 0 atom stereocenters. The van der Waals surface area contributed by atoms with Gasteiger partial charge in [0.2, 0.25) is 11.8 Å². The first-order chi connectivity index (χ1) is 11.2. The Morgan fingerprint density at radius 3 is 2.30 bits per heavy atom. The average molecular weight is 303 g/mol. The zero-order valence-electron chi connectivity index (χ0n) is 12.4. The van der Waals surface area contributed by atoms with Crippen molar-refractivity contribution in [1.82, 2.24) is 14.8 Å². The van der Waals surface area contributed by atoms with Crippen LogP contribution in [-0.2, 0) is 7.05 Å². The minimum Gasteiger partial charge on any atom is -0.416 e. The van der Waals surface area contributed by atoms with Crippen LogP contribution in [0.2, 0.25) is 0 Å². The van der Waals surface area contributed by atoms with E-state index in [-0.39, 0.29) is 5.56 Å². The van der Waals surface area contributed by atoms with Gasteiger partial charge >= 0.3 is 0 Å². The lowest BCUT2D eigenvalue weighted by atomic mass is 10.1. The van der Waals surface area contributed by atoms with Gasteiger partial charge in [-0.2, -0.15) is 0 Å². The molecule has 0 aliphatic heterocycles. The van der Waals surface area contributed by atoms with Crippen molar-refractivity contribution in [3.05, 3.63) is 71.1 Å². The molecule has 4 rings (SSSR count). The molecular formula is C18H13N3O2. The van der Waals surface area contributed by atoms with Gasteiger partial charge in [0.05, 0.1) is 5.56 Å². The van der Waals surface area contributed by atoms with E-state index in [1.165, 1.54) is 4.57 Å². The van der Waals surface area contributed by atoms with Crippen LogP contribution in [0, 0.1) is 0 Å². The predicted molar refractivity (Wildman–Crippen MR) is 87.9 cm³/mol. The summed E-state index contributed by atoms with van der Waals surface area (Å²) < 4.78 is 7.35. The summed E-state index contributed by atoms with van der Waals surface area (Å²) >= 11 is 0. The Morgan fingerprint density at radius 2 is 1.52 bits per heavy atom. The summed E-state index contributed by atoms with van der Waals surface area (Å²) in [5.74, 6) is 0.856. The van der Waals surface area contributed by atoms with Crippen LogP contribution in [0.15, 0.2) is 70.0 Å². The van der Waals surface area contributed by atoms with Crippen molar-refractivity contribution in [2.45, 2.75) is 0 Å². The minimum absolute atomic E-state index is 0.0489. The Kier molecular flexibility index (Phi) is 3.05. The molecule has 2 aromatic carbocycles. The van der Waals surface area contributed by atoms with Gasteiger partial charge in [0.15, 0.2) is 0 Å². The lowest BCUT2D eigenvalue weighted by Gasteiger charge is -2.05. The van der Waals surface area contributed by atoms with E-state index in [4.69, 9.17) is 4.42 Å². The van der Waals surface area contributed by atoms with Gasteiger partial charge in [-0.25, -0.2) is 0 Å². The number of hydrogen-bond donors (Lipinski definition) is 0. The molecule has 0 aliphatic rings. The Balaban J connectivity index is 1.93. The van der Waals surface area contributed by atoms with Gasteiger partial charge in [-0.05, 0) is 18.2 Å². The Labute approximate surface area is 131 Å². The van der Waals surface area contributed by atoms with Gasteiger partial charge < -0.3 is 8.98 Å². The zero-order valence-corrected chi connectivity index (χ0v) is 12.4. The number of benzene rings is 2. The van der Waals surface area contributed by atoms with Gasteiger partial charge in [-0.1, -0.05) is 36.4 Å². The average Bonchev–Trinajstić information content (AvgIpc) is 3.09. The van der Waals surface area contributed by atoms with Crippen molar-refractivity contribution in [2.24, 2.45) is 7.05 Å². The standard InChI is InChI=1S/C18H13N3O2/c1-21-11-15(13-9-5-6-10-14(13)18(21)22)17-20-19-16(23-17)12-7-3-2-4-8-12/h2-11H,1H3. The molecule has 23 heavy (non-hydrogen) atoms. The molecule has 0 saturated heterocycles. The molecule has 0 N–H and O–H groups in total. The molecule has 2 aromatic heterocycles. The molecule has 0 unspecified atom stereocenters. The van der Waals surface area contributed by atoms with Crippen molar-refractivity contribution < 1.29 is 4.42 Å². The van der Waals surface area contributed by atoms with Crippen LogP contribution in [0.1, 0.15) is 0 Å². The Bertz CT molecular complexity index is 1050. The van der Waals surface area contributed by atoms with E-state index in [1.807, 2.05) is 48.5 Å². The van der Waals surface area contributed by atoms with Crippen molar-refractivity contribution in [2.75, 3.05) is 0 Å². The summed E-state index contributed by atoms with van der Waals surface area (Å²) in [5.41, 5.74) is 1.56. The third-order valence-corrected chi connectivity index (χ3v) is 3.77. The Morgan fingerprint density at radius 1 is 0.870 bits per heavy atom. The maximum atomic E-state index is 12.2. The van der Waals surface area contributed by atoms with Gasteiger partial charge in [0.1, 0.15) is 0 Å². The molecule has 0 spiro atoms. The lowest BCUT2D eigenvalue weighted by Crippen LogP contribution is -2.16. The summed E-state index contributed by atoms with van der Waals surface area (Å²) in [6.45, 7) is 0. The number of rotatable bonds is 2. The quantitative estimate of drug-likeness (QED) is 0.570. The second-order valence-corrected chi connectivity index (χ2v) is 5.28. The van der Waals surface area contributed by atoms with Gasteiger partial charge in [0, 0.05) is 29.6 Å². The number of aryl methyl sites for hydroxylation is 1.